The molecule has 0 unspecified atom stereocenters. The number of hydrogen-bond donors (Lipinski definition) is 1. The normalized spacial score (nSPS) is 11.9. The van der Waals surface area contributed by atoms with E-state index in [-0.39, 0.29) is 12.4 Å². The van der Waals surface area contributed by atoms with E-state index < -0.39 is 9.84 Å². The lowest BCUT2D eigenvalue weighted by Gasteiger charge is -1.96. The fourth-order valence-electron chi connectivity index (χ4n) is 0.814. The molecule has 1 heterocycles. The molecule has 0 atom stereocenters. The van der Waals surface area contributed by atoms with E-state index in [1.54, 1.807) is 0 Å². The zero-order chi connectivity index (χ0) is 10.6. The molecule has 80 valence electrons. The fourth-order valence-corrected chi connectivity index (χ4v) is 4.13. The average Bonchev–Trinajstić information content (AvgIpc) is 2.50. The van der Waals surface area contributed by atoms with Crippen molar-refractivity contribution in [2.75, 3.05) is 17.8 Å². The molecule has 0 aromatic carbocycles. The first-order valence-electron chi connectivity index (χ1n) is 4.01. The van der Waals surface area contributed by atoms with Crippen molar-refractivity contribution in [3.63, 3.8) is 0 Å². The smallest absolute Gasteiger partial charge is 0.148 e. The number of aliphatic hydroxyl groups is 1. The summed E-state index contributed by atoms with van der Waals surface area (Å²) in [6.45, 7) is 0.0529. The molecule has 0 amide bonds. The predicted octanol–water partition coefficient (Wildman–Crippen LogP) is 1.38. The van der Waals surface area contributed by atoms with Gasteiger partial charge in [-0.05, 0) is 12.1 Å². The number of sulfone groups is 1. The minimum Gasteiger partial charge on any atom is -0.391 e. The maximum absolute atomic E-state index is 10.8. The second-order valence-corrected chi connectivity index (χ2v) is 7.68. The zero-order valence-electron chi connectivity index (χ0n) is 7.76. The largest absolute Gasteiger partial charge is 0.391 e. The molecule has 0 aliphatic rings. The van der Waals surface area contributed by atoms with Gasteiger partial charge in [-0.25, -0.2) is 8.42 Å². The van der Waals surface area contributed by atoms with Crippen LogP contribution in [0.15, 0.2) is 16.3 Å². The third-order valence-electron chi connectivity index (χ3n) is 1.49. The van der Waals surface area contributed by atoms with Crippen LogP contribution in [0.1, 0.15) is 4.88 Å². The van der Waals surface area contributed by atoms with Crippen molar-refractivity contribution < 1.29 is 13.5 Å². The maximum atomic E-state index is 10.8. The summed E-state index contributed by atoms with van der Waals surface area (Å²) < 4.78 is 22.7. The molecule has 6 heteroatoms. The quantitative estimate of drug-likeness (QED) is 0.804. The molecule has 1 rings (SSSR count). The van der Waals surface area contributed by atoms with Crippen molar-refractivity contribution in [2.45, 2.75) is 10.8 Å². The van der Waals surface area contributed by atoms with Gasteiger partial charge in [-0.1, -0.05) is 0 Å². The van der Waals surface area contributed by atoms with Gasteiger partial charge in [0.05, 0.1) is 16.6 Å². The van der Waals surface area contributed by atoms with Gasteiger partial charge in [0.2, 0.25) is 0 Å². The standard InChI is InChI=1S/C8H12O3S3/c1-14(10,11)5-4-12-8-3-2-7(6-9)13-8/h2-3,9H,4-6H2,1H3. The molecule has 3 nitrogen and oxygen atoms in total. The summed E-state index contributed by atoms with van der Waals surface area (Å²) in [5, 5.41) is 8.81. The summed E-state index contributed by atoms with van der Waals surface area (Å²) in [6.07, 6.45) is 1.24. The Morgan fingerprint density at radius 3 is 2.71 bits per heavy atom. The lowest BCUT2D eigenvalue weighted by molar-refractivity contribution is 0.285. The Labute approximate surface area is 92.1 Å². The summed E-state index contributed by atoms with van der Waals surface area (Å²) >= 11 is 3.01. The first kappa shape index (κ1) is 12.0. The van der Waals surface area contributed by atoms with Crippen LogP contribution in [0.5, 0.6) is 0 Å². The minimum absolute atomic E-state index is 0.0529. The predicted molar refractivity (Wildman–Crippen MR) is 60.7 cm³/mol. The van der Waals surface area contributed by atoms with Crippen LogP contribution in [0.3, 0.4) is 0 Å². The van der Waals surface area contributed by atoms with Crippen LogP contribution in [-0.4, -0.2) is 31.3 Å². The molecule has 0 bridgehead atoms. The third kappa shape index (κ3) is 4.45. The molecule has 0 saturated carbocycles. The third-order valence-corrected chi connectivity index (χ3v) is 4.99. The summed E-state index contributed by atoms with van der Waals surface area (Å²) in [5.41, 5.74) is 0. The van der Waals surface area contributed by atoms with Crippen molar-refractivity contribution >= 4 is 32.9 Å². The van der Waals surface area contributed by atoms with Crippen LogP contribution in [0, 0.1) is 0 Å². The van der Waals surface area contributed by atoms with E-state index >= 15 is 0 Å². The number of thioether (sulfide) groups is 1. The molecule has 0 fully saturated rings. The number of hydrogen-bond acceptors (Lipinski definition) is 5. The molecule has 14 heavy (non-hydrogen) atoms. The Hall–Kier alpha value is -0.0400. The van der Waals surface area contributed by atoms with E-state index in [0.29, 0.717) is 5.75 Å². The van der Waals surface area contributed by atoms with Crippen molar-refractivity contribution in [1.82, 2.24) is 0 Å². The van der Waals surface area contributed by atoms with E-state index in [4.69, 9.17) is 5.11 Å². The molecular weight excluding hydrogens is 240 g/mol. The first-order valence-corrected chi connectivity index (χ1v) is 7.87. The van der Waals surface area contributed by atoms with Gasteiger partial charge in [0.1, 0.15) is 9.84 Å². The average molecular weight is 252 g/mol. The number of rotatable bonds is 5. The van der Waals surface area contributed by atoms with Gasteiger partial charge in [0, 0.05) is 16.9 Å². The van der Waals surface area contributed by atoms with E-state index in [1.165, 1.54) is 29.4 Å². The molecular formula is C8H12O3S3. The van der Waals surface area contributed by atoms with Crippen LogP contribution in [0.4, 0.5) is 0 Å². The Kier molecular flexibility index (Phi) is 4.43. The molecule has 1 aromatic rings. The summed E-state index contributed by atoms with van der Waals surface area (Å²) in [4.78, 5) is 0.909. The Morgan fingerprint density at radius 2 is 2.21 bits per heavy atom. The van der Waals surface area contributed by atoms with Crippen molar-refractivity contribution in [3.05, 3.63) is 17.0 Å². The highest BCUT2D eigenvalue weighted by Gasteiger charge is 2.04. The van der Waals surface area contributed by atoms with Crippen molar-refractivity contribution in [2.24, 2.45) is 0 Å². The molecule has 1 aromatic heterocycles. The minimum atomic E-state index is -2.86. The van der Waals surface area contributed by atoms with Crippen molar-refractivity contribution in [3.8, 4) is 0 Å². The topological polar surface area (TPSA) is 54.4 Å². The van der Waals surface area contributed by atoms with Crippen LogP contribution in [0.25, 0.3) is 0 Å². The summed E-state index contributed by atoms with van der Waals surface area (Å²) in [5.74, 6) is 0.772. The SMILES string of the molecule is CS(=O)(=O)CCSc1ccc(CO)s1. The van der Waals surface area contributed by atoms with E-state index in [2.05, 4.69) is 0 Å². The van der Waals surface area contributed by atoms with Crippen LogP contribution in [-0.2, 0) is 16.4 Å². The number of thiophene rings is 1. The van der Waals surface area contributed by atoms with Gasteiger partial charge in [-0.15, -0.1) is 23.1 Å². The monoisotopic (exact) mass is 252 g/mol. The zero-order valence-corrected chi connectivity index (χ0v) is 10.2. The summed E-state index contributed by atoms with van der Waals surface area (Å²) in [6, 6.07) is 3.76. The molecule has 0 radical (unpaired) electrons. The van der Waals surface area contributed by atoms with Gasteiger partial charge in [-0.3, -0.25) is 0 Å². The van der Waals surface area contributed by atoms with Crippen LogP contribution in [0.2, 0.25) is 0 Å². The lowest BCUT2D eigenvalue weighted by atomic mass is 10.5. The maximum Gasteiger partial charge on any atom is 0.148 e. The molecule has 1 N–H and O–H groups in total. The highest BCUT2D eigenvalue weighted by atomic mass is 32.2. The Bertz CT molecular complexity index is 380. The first-order chi connectivity index (χ1) is 6.51. The van der Waals surface area contributed by atoms with E-state index in [0.717, 1.165) is 9.09 Å². The second kappa shape index (κ2) is 5.16. The number of aliphatic hydroxyl groups excluding tert-OH is 1. The van der Waals surface area contributed by atoms with Gasteiger partial charge >= 0.3 is 0 Å². The molecule has 0 saturated heterocycles. The lowest BCUT2D eigenvalue weighted by Crippen LogP contribution is -2.04. The summed E-state index contributed by atoms with van der Waals surface area (Å²) in [7, 11) is -2.86. The highest BCUT2D eigenvalue weighted by Crippen LogP contribution is 2.27. The second-order valence-electron chi connectivity index (χ2n) is 2.86. The van der Waals surface area contributed by atoms with E-state index in [1.807, 2.05) is 12.1 Å². The fraction of sp³-hybridized carbons (Fsp3) is 0.500. The molecule has 0 aliphatic heterocycles. The molecule has 0 aliphatic carbocycles. The van der Waals surface area contributed by atoms with Gasteiger partial charge < -0.3 is 5.11 Å². The van der Waals surface area contributed by atoms with Gasteiger partial charge in [0.25, 0.3) is 0 Å². The highest BCUT2D eigenvalue weighted by molar-refractivity contribution is 8.02. The van der Waals surface area contributed by atoms with Gasteiger partial charge in [-0.2, -0.15) is 0 Å². The Morgan fingerprint density at radius 1 is 1.50 bits per heavy atom. The van der Waals surface area contributed by atoms with Gasteiger partial charge in [0.15, 0.2) is 0 Å². The van der Waals surface area contributed by atoms with E-state index in [9.17, 15) is 8.42 Å². The molecule has 0 spiro atoms. The Balaban J connectivity index is 2.39. The van der Waals surface area contributed by atoms with Crippen LogP contribution < -0.4 is 0 Å². The van der Waals surface area contributed by atoms with Crippen molar-refractivity contribution in [1.29, 1.82) is 0 Å². The van der Waals surface area contributed by atoms with Crippen LogP contribution >= 0.6 is 23.1 Å².